The lowest BCUT2D eigenvalue weighted by Gasteiger charge is -2.23. The van der Waals surface area contributed by atoms with Crippen molar-refractivity contribution in [1.29, 1.82) is 0 Å². The molecule has 0 saturated heterocycles. The number of ether oxygens (including phenoxy) is 1. The first kappa shape index (κ1) is 14.7. The predicted molar refractivity (Wildman–Crippen MR) is 91.5 cm³/mol. The minimum Gasteiger partial charge on any atom is -0.489 e. The van der Waals surface area contributed by atoms with Gasteiger partial charge in [0, 0.05) is 11.8 Å². The van der Waals surface area contributed by atoms with Crippen LogP contribution in [0.3, 0.4) is 0 Å². The molecule has 22 heavy (non-hydrogen) atoms. The zero-order chi connectivity index (χ0) is 15.4. The Morgan fingerprint density at radius 1 is 1.05 bits per heavy atom. The highest BCUT2D eigenvalue weighted by molar-refractivity contribution is 6.18. The summed E-state index contributed by atoms with van der Waals surface area (Å²) < 4.78 is 7.56. The van der Waals surface area contributed by atoms with Gasteiger partial charge in [-0.3, -0.25) is 4.42 Å². The van der Waals surface area contributed by atoms with Gasteiger partial charge in [-0.1, -0.05) is 42.5 Å². The van der Waals surface area contributed by atoms with Crippen LogP contribution in [0.5, 0.6) is 5.75 Å². The summed E-state index contributed by atoms with van der Waals surface area (Å²) in [6.07, 6.45) is 4.16. The van der Waals surface area contributed by atoms with Gasteiger partial charge in [0.2, 0.25) is 0 Å². The van der Waals surface area contributed by atoms with Crippen molar-refractivity contribution in [3.05, 3.63) is 83.4 Å². The Kier molecular flexibility index (Phi) is 4.50. The van der Waals surface area contributed by atoms with E-state index in [-0.39, 0.29) is 0 Å². The number of allylic oxidation sites excluding steroid dienone is 2. The maximum absolute atomic E-state index is 6.29. The highest BCUT2D eigenvalue weighted by Crippen LogP contribution is 2.29. The summed E-state index contributed by atoms with van der Waals surface area (Å²) in [4.78, 5) is 0. The summed E-state index contributed by atoms with van der Waals surface area (Å²) in [6.45, 7) is 3.37. The van der Waals surface area contributed by atoms with Crippen LogP contribution in [-0.2, 0) is 6.61 Å². The van der Waals surface area contributed by atoms with Crippen LogP contribution in [0.25, 0.3) is 5.70 Å². The lowest BCUT2D eigenvalue weighted by Crippen LogP contribution is -2.15. The van der Waals surface area contributed by atoms with Gasteiger partial charge in [-0.15, -0.1) is 0 Å². The molecule has 0 bridgehead atoms. The molecule has 3 heteroatoms. The van der Waals surface area contributed by atoms with E-state index in [0.717, 1.165) is 29.1 Å². The molecular formula is C19H18ClNO. The zero-order valence-corrected chi connectivity index (χ0v) is 13.3. The van der Waals surface area contributed by atoms with E-state index < -0.39 is 0 Å². The van der Waals surface area contributed by atoms with Crippen LogP contribution in [0.1, 0.15) is 18.1 Å². The Morgan fingerprint density at radius 2 is 1.77 bits per heavy atom. The third-order valence-electron chi connectivity index (χ3n) is 3.63. The van der Waals surface area contributed by atoms with Gasteiger partial charge in [0.15, 0.2) is 0 Å². The van der Waals surface area contributed by atoms with Gasteiger partial charge < -0.3 is 4.74 Å². The quantitative estimate of drug-likeness (QED) is 0.735. The molecule has 0 amide bonds. The highest BCUT2D eigenvalue weighted by atomic mass is 35.5. The van der Waals surface area contributed by atoms with Crippen molar-refractivity contribution >= 4 is 17.5 Å². The Hall–Kier alpha value is -2.19. The van der Waals surface area contributed by atoms with Gasteiger partial charge in [0.25, 0.3) is 0 Å². The van der Waals surface area contributed by atoms with Crippen LogP contribution < -0.4 is 4.74 Å². The second-order valence-corrected chi connectivity index (χ2v) is 5.69. The van der Waals surface area contributed by atoms with Gasteiger partial charge in [-0.05, 0) is 47.9 Å². The van der Waals surface area contributed by atoms with Crippen LogP contribution >= 0.6 is 11.8 Å². The first-order chi connectivity index (χ1) is 10.7. The Bertz CT molecular complexity index is 689. The van der Waals surface area contributed by atoms with Gasteiger partial charge in [0.1, 0.15) is 12.4 Å². The second kappa shape index (κ2) is 6.71. The Morgan fingerprint density at radius 3 is 2.45 bits per heavy atom. The molecule has 0 unspecified atom stereocenters. The molecule has 1 heterocycles. The summed E-state index contributed by atoms with van der Waals surface area (Å²) in [7, 11) is 0. The fourth-order valence-corrected chi connectivity index (χ4v) is 2.81. The van der Waals surface area contributed by atoms with E-state index in [0.29, 0.717) is 6.61 Å². The Balaban J connectivity index is 1.72. The molecule has 0 aliphatic carbocycles. The zero-order valence-electron chi connectivity index (χ0n) is 12.5. The molecule has 1 aliphatic heterocycles. The molecule has 2 aromatic rings. The molecule has 3 rings (SSSR count). The van der Waals surface area contributed by atoms with Gasteiger partial charge in [0.05, 0.1) is 12.2 Å². The first-order valence-electron chi connectivity index (χ1n) is 7.32. The van der Waals surface area contributed by atoms with Crippen molar-refractivity contribution in [2.45, 2.75) is 13.5 Å². The molecule has 0 spiro atoms. The van der Waals surface area contributed by atoms with E-state index in [2.05, 4.69) is 31.2 Å². The van der Waals surface area contributed by atoms with Crippen LogP contribution in [0.4, 0.5) is 0 Å². The summed E-state index contributed by atoms with van der Waals surface area (Å²) in [6, 6.07) is 18.2. The van der Waals surface area contributed by atoms with Crippen molar-refractivity contribution in [2.75, 3.05) is 6.54 Å². The molecule has 0 radical (unpaired) electrons. The largest absolute Gasteiger partial charge is 0.489 e. The lowest BCUT2D eigenvalue weighted by molar-refractivity contribution is 0.306. The van der Waals surface area contributed by atoms with Crippen molar-refractivity contribution in [1.82, 2.24) is 4.42 Å². The van der Waals surface area contributed by atoms with Crippen molar-refractivity contribution in [3.8, 4) is 5.75 Å². The molecule has 2 aromatic carbocycles. The van der Waals surface area contributed by atoms with Gasteiger partial charge in [-0.25, -0.2) is 0 Å². The van der Waals surface area contributed by atoms with E-state index in [1.54, 1.807) is 4.42 Å². The predicted octanol–water partition coefficient (Wildman–Crippen LogP) is 5.02. The number of halogens is 1. The molecule has 0 aromatic heterocycles. The minimum absolute atomic E-state index is 0.576. The average molecular weight is 312 g/mol. The third-order valence-corrected chi connectivity index (χ3v) is 3.93. The molecule has 0 atom stereocenters. The highest BCUT2D eigenvalue weighted by Gasteiger charge is 2.14. The van der Waals surface area contributed by atoms with Crippen molar-refractivity contribution in [2.24, 2.45) is 0 Å². The molecule has 112 valence electrons. The fraction of sp³-hybridized carbons (Fsp3) is 0.158. The molecule has 0 fully saturated rings. The minimum atomic E-state index is 0.576. The van der Waals surface area contributed by atoms with Crippen LogP contribution in [0, 0.1) is 0 Å². The standard InChI is InChI=1S/C19H18ClNO/c1-15-6-5-13-21(20)19(15)17-9-11-18(12-10-17)22-14-16-7-3-2-4-8-16/h2-12H,13-14H2,1H3. The van der Waals surface area contributed by atoms with Crippen LogP contribution in [0.2, 0.25) is 0 Å². The smallest absolute Gasteiger partial charge is 0.119 e. The molecule has 1 aliphatic rings. The topological polar surface area (TPSA) is 12.5 Å². The number of benzene rings is 2. The average Bonchev–Trinajstić information content (AvgIpc) is 2.55. The number of hydrogen-bond donors (Lipinski definition) is 0. The van der Waals surface area contributed by atoms with Crippen LogP contribution in [-0.4, -0.2) is 11.0 Å². The molecular weight excluding hydrogens is 294 g/mol. The molecule has 0 saturated carbocycles. The van der Waals surface area contributed by atoms with Crippen molar-refractivity contribution in [3.63, 3.8) is 0 Å². The number of hydrogen-bond acceptors (Lipinski definition) is 2. The van der Waals surface area contributed by atoms with Crippen molar-refractivity contribution < 1.29 is 4.74 Å². The number of nitrogens with zero attached hydrogens (tertiary/aromatic N) is 1. The first-order valence-corrected chi connectivity index (χ1v) is 7.66. The third kappa shape index (κ3) is 3.34. The van der Waals surface area contributed by atoms with E-state index >= 15 is 0 Å². The van der Waals surface area contributed by atoms with E-state index in [1.165, 1.54) is 5.57 Å². The monoisotopic (exact) mass is 311 g/mol. The Labute approximate surface area is 136 Å². The summed E-state index contributed by atoms with van der Waals surface area (Å²) >= 11 is 6.29. The second-order valence-electron chi connectivity index (χ2n) is 5.28. The SMILES string of the molecule is CC1=C(c2ccc(OCc3ccccc3)cc2)N(Cl)CC=C1. The maximum atomic E-state index is 6.29. The molecule has 2 nitrogen and oxygen atoms in total. The number of rotatable bonds is 4. The van der Waals surface area contributed by atoms with Crippen LogP contribution in [0.15, 0.2) is 72.3 Å². The normalized spacial score (nSPS) is 14.4. The maximum Gasteiger partial charge on any atom is 0.119 e. The van der Waals surface area contributed by atoms with E-state index in [4.69, 9.17) is 16.5 Å². The fourth-order valence-electron chi connectivity index (χ4n) is 2.50. The lowest BCUT2D eigenvalue weighted by atomic mass is 10.0. The molecule has 0 N–H and O–H groups in total. The summed E-state index contributed by atoms with van der Waals surface area (Å²) in [5.74, 6) is 0.860. The van der Waals surface area contributed by atoms with E-state index in [1.807, 2.05) is 42.5 Å². The summed E-state index contributed by atoms with van der Waals surface area (Å²) in [5, 5.41) is 0. The van der Waals surface area contributed by atoms with E-state index in [9.17, 15) is 0 Å². The van der Waals surface area contributed by atoms with Gasteiger partial charge in [-0.2, -0.15) is 0 Å². The van der Waals surface area contributed by atoms with Gasteiger partial charge >= 0.3 is 0 Å². The summed E-state index contributed by atoms with van der Waals surface area (Å²) in [5.41, 5.74) is 4.48.